The largest absolute Gasteiger partial charge is 0.359 e. The summed E-state index contributed by atoms with van der Waals surface area (Å²) in [7, 11) is 0. The molecule has 0 atom stereocenters. The van der Waals surface area contributed by atoms with Crippen LogP contribution in [0, 0.1) is 6.92 Å². The number of thiazole rings is 1. The molecule has 1 aromatic carbocycles. The van der Waals surface area contributed by atoms with E-state index >= 15 is 0 Å². The summed E-state index contributed by atoms with van der Waals surface area (Å²) in [6.07, 6.45) is 2.50. The van der Waals surface area contributed by atoms with Gasteiger partial charge in [-0.25, -0.2) is 4.98 Å². The quantitative estimate of drug-likeness (QED) is 0.902. The molecule has 2 aromatic rings. The van der Waals surface area contributed by atoms with Crippen LogP contribution in [-0.2, 0) is 4.79 Å². The highest BCUT2D eigenvalue weighted by molar-refractivity contribution is 7.16. The molecule has 20 heavy (non-hydrogen) atoms. The number of nitrogens with one attached hydrogen (secondary N) is 2. The lowest BCUT2D eigenvalue weighted by molar-refractivity contribution is -0.114. The van der Waals surface area contributed by atoms with Gasteiger partial charge < -0.3 is 10.6 Å². The number of hydrogen-bond donors (Lipinski definition) is 2. The van der Waals surface area contributed by atoms with Crippen LogP contribution in [0.4, 0.5) is 10.8 Å². The summed E-state index contributed by atoms with van der Waals surface area (Å²) >= 11 is 1.70. The smallest absolute Gasteiger partial charge is 0.221 e. The number of carbonyl (C=O) groups is 1. The van der Waals surface area contributed by atoms with E-state index in [0.29, 0.717) is 6.04 Å². The molecule has 1 aliphatic rings. The topological polar surface area (TPSA) is 54.0 Å². The number of benzene rings is 1. The van der Waals surface area contributed by atoms with Crippen LogP contribution in [-0.4, -0.2) is 16.9 Å². The van der Waals surface area contributed by atoms with Gasteiger partial charge in [-0.2, -0.15) is 0 Å². The molecule has 0 saturated heterocycles. The van der Waals surface area contributed by atoms with Gasteiger partial charge in [0.1, 0.15) is 0 Å². The van der Waals surface area contributed by atoms with Crippen molar-refractivity contribution in [1.82, 2.24) is 4.98 Å². The predicted octanol–water partition coefficient (Wildman–Crippen LogP) is 3.65. The van der Waals surface area contributed by atoms with Gasteiger partial charge in [-0.05, 0) is 31.9 Å². The number of hydrogen-bond acceptors (Lipinski definition) is 4. The third kappa shape index (κ3) is 2.99. The molecule has 3 rings (SSSR count). The van der Waals surface area contributed by atoms with Crippen LogP contribution in [0.25, 0.3) is 11.3 Å². The van der Waals surface area contributed by atoms with E-state index in [1.165, 1.54) is 24.6 Å². The predicted molar refractivity (Wildman–Crippen MR) is 83.2 cm³/mol. The summed E-state index contributed by atoms with van der Waals surface area (Å²) in [5.41, 5.74) is 2.91. The van der Waals surface area contributed by atoms with E-state index in [0.717, 1.165) is 22.1 Å². The van der Waals surface area contributed by atoms with Crippen LogP contribution in [0.1, 0.15) is 24.6 Å². The van der Waals surface area contributed by atoms with E-state index in [1.807, 2.05) is 24.3 Å². The number of carbonyl (C=O) groups excluding carboxylic acids is 1. The number of anilines is 2. The van der Waals surface area contributed by atoms with Crippen molar-refractivity contribution in [1.29, 1.82) is 0 Å². The van der Waals surface area contributed by atoms with E-state index in [9.17, 15) is 4.79 Å². The minimum absolute atomic E-state index is 0.0569. The van der Waals surface area contributed by atoms with E-state index < -0.39 is 0 Å². The molecule has 0 unspecified atom stereocenters. The normalized spacial score (nSPS) is 14.1. The highest BCUT2D eigenvalue weighted by atomic mass is 32.1. The molecule has 4 nitrogen and oxygen atoms in total. The van der Waals surface area contributed by atoms with Crippen LogP contribution in [0.15, 0.2) is 24.3 Å². The maximum absolute atomic E-state index is 11.0. The molecule has 0 bridgehead atoms. The Kier molecular flexibility index (Phi) is 3.44. The second kappa shape index (κ2) is 5.25. The lowest BCUT2D eigenvalue weighted by atomic mass is 10.1. The first-order valence-electron chi connectivity index (χ1n) is 6.74. The molecule has 1 fully saturated rings. The summed E-state index contributed by atoms with van der Waals surface area (Å²) in [6, 6.07) is 8.42. The first-order valence-corrected chi connectivity index (χ1v) is 7.55. The van der Waals surface area contributed by atoms with Gasteiger partial charge in [-0.1, -0.05) is 12.1 Å². The average Bonchev–Trinajstić information content (AvgIpc) is 3.12. The lowest BCUT2D eigenvalue weighted by Gasteiger charge is -2.03. The van der Waals surface area contributed by atoms with Gasteiger partial charge in [-0.3, -0.25) is 4.79 Å². The van der Waals surface area contributed by atoms with Crippen molar-refractivity contribution in [3.8, 4) is 11.3 Å². The molecule has 1 saturated carbocycles. The Balaban J connectivity index is 1.80. The fraction of sp³-hybridized carbons (Fsp3) is 0.333. The van der Waals surface area contributed by atoms with Crippen molar-refractivity contribution < 1.29 is 4.79 Å². The second-order valence-corrected chi connectivity index (χ2v) is 6.30. The number of aryl methyl sites for hydroxylation is 1. The number of nitrogens with zero attached hydrogens (tertiary/aromatic N) is 1. The first-order chi connectivity index (χ1) is 9.61. The molecule has 104 valence electrons. The summed E-state index contributed by atoms with van der Waals surface area (Å²) in [4.78, 5) is 16.9. The van der Waals surface area contributed by atoms with E-state index in [2.05, 4.69) is 22.5 Å². The molecule has 0 aliphatic heterocycles. The van der Waals surface area contributed by atoms with Crippen molar-refractivity contribution in [2.45, 2.75) is 32.7 Å². The van der Waals surface area contributed by atoms with Gasteiger partial charge in [0.15, 0.2) is 5.13 Å². The minimum atomic E-state index is -0.0569. The Morgan fingerprint density at radius 1 is 1.30 bits per heavy atom. The highest BCUT2D eigenvalue weighted by Crippen LogP contribution is 2.33. The minimum Gasteiger partial charge on any atom is -0.359 e. The summed E-state index contributed by atoms with van der Waals surface area (Å²) in [5.74, 6) is -0.0569. The molecule has 2 N–H and O–H groups in total. The third-order valence-corrected chi connectivity index (χ3v) is 4.08. The maximum atomic E-state index is 11.0. The lowest BCUT2D eigenvalue weighted by Crippen LogP contribution is -2.05. The highest BCUT2D eigenvalue weighted by Gasteiger charge is 2.22. The van der Waals surface area contributed by atoms with Gasteiger partial charge >= 0.3 is 0 Å². The molecule has 0 spiro atoms. The Morgan fingerprint density at radius 3 is 2.60 bits per heavy atom. The summed E-state index contributed by atoms with van der Waals surface area (Å²) in [6.45, 7) is 3.60. The molecule has 1 heterocycles. The molecule has 5 heteroatoms. The van der Waals surface area contributed by atoms with Crippen LogP contribution in [0.2, 0.25) is 0 Å². The Labute approximate surface area is 122 Å². The number of rotatable bonds is 4. The molecular weight excluding hydrogens is 270 g/mol. The van der Waals surface area contributed by atoms with E-state index in [-0.39, 0.29) is 5.91 Å². The number of amides is 1. The van der Waals surface area contributed by atoms with Crippen LogP contribution < -0.4 is 10.6 Å². The van der Waals surface area contributed by atoms with Crippen molar-refractivity contribution in [3.05, 3.63) is 29.1 Å². The van der Waals surface area contributed by atoms with Gasteiger partial charge in [0, 0.05) is 29.1 Å². The third-order valence-electron chi connectivity index (χ3n) is 3.18. The second-order valence-electron chi connectivity index (χ2n) is 5.10. The summed E-state index contributed by atoms with van der Waals surface area (Å²) in [5, 5.41) is 7.21. The van der Waals surface area contributed by atoms with Crippen molar-refractivity contribution in [2.75, 3.05) is 10.6 Å². The van der Waals surface area contributed by atoms with Crippen molar-refractivity contribution in [2.24, 2.45) is 0 Å². The van der Waals surface area contributed by atoms with Crippen molar-refractivity contribution in [3.63, 3.8) is 0 Å². The van der Waals surface area contributed by atoms with Gasteiger partial charge in [0.25, 0.3) is 0 Å². The monoisotopic (exact) mass is 287 g/mol. The zero-order chi connectivity index (χ0) is 14.1. The van der Waals surface area contributed by atoms with Crippen LogP contribution in [0.5, 0.6) is 0 Å². The summed E-state index contributed by atoms with van der Waals surface area (Å²) < 4.78 is 0. The maximum Gasteiger partial charge on any atom is 0.221 e. The zero-order valence-corrected chi connectivity index (χ0v) is 12.4. The molecule has 1 aromatic heterocycles. The fourth-order valence-electron chi connectivity index (χ4n) is 2.04. The average molecular weight is 287 g/mol. The van der Waals surface area contributed by atoms with Gasteiger partial charge in [0.2, 0.25) is 5.91 Å². The van der Waals surface area contributed by atoms with Gasteiger partial charge in [-0.15, -0.1) is 11.3 Å². The van der Waals surface area contributed by atoms with E-state index in [4.69, 9.17) is 0 Å². The molecule has 1 amide bonds. The van der Waals surface area contributed by atoms with Crippen LogP contribution >= 0.6 is 11.3 Å². The van der Waals surface area contributed by atoms with E-state index in [1.54, 1.807) is 11.3 Å². The zero-order valence-electron chi connectivity index (χ0n) is 11.6. The Hall–Kier alpha value is -1.88. The molecular formula is C15H17N3OS. The standard InChI is InChI=1S/C15H17N3OS/c1-9-14(18-15(20-9)17-13-7-8-13)11-3-5-12(6-4-11)16-10(2)19/h3-6,13H,7-8H2,1-2H3,(H,16,19)(H,17,18). The molecule has 1 aliphatic carbocycles. The van der Waals surface area contributed by atoms with Gasteiger partial charge in [0.05, 0.1) is 5.69 Å². The Morgan fingerprint density at radius 2 is 2.00 bits per heavy atom. The molecule has 0 radical (unpaired) electrons. The Bertz CT molecular complexity index is 629. The fourth-order valence-corrected chi connectivity index (χ4v) is 2.96. The SMILES string of the molecule is CC(=O)Nc1ccc(-c2nc(NC3CC3)sc2C)cc1. The van der Waals surface area contributed by atoms with Crippen molar-refractivity contribution >= 4 is 28.1 Å². The van der Waals surface area contributed by atoms with Crippen LogP contribution in [0.3, 0.4) is 0 Å². The number of aromatic nitrogens is 1. The first kappa shape index (κ1) is 13.1.